The molecular weight excluding hydrogens is 392 g/mol. The molecule has 4 rings (SSSR count). The van der Waals surface area contributed by atoms with Crippen molar-refractivity contribution < 1.29 is 19.7 Å². The number of β-amino-alcohol motifs (C(OH)–C–C–N with tert-alkyl or cyclic N) is 2. The van der Waals surface area contributed by atoms with Gasteiger partial charge in [-0.05, 0) is 50.5 Å². The lowest BCUT2D eigenvalue weighted by atomic mass is 9.92. The second-order valence-electron chi connectivity index (χ2n) is 9.18. The normalized spacial score (nSPS) is 18.5. The van der Waals surface area contributed by atoms with E-state index in [0.29, 0.717) is 26.6 Å². The molecule has 0 aliphatic carbocycles. The highest BCUT2D eigenvalue weighted by atomic mass is 16.5. The second kappa shape index (κ2) is 9.17. The van der Waals surface area contributed by atoms with E-state index >= 15 is 0 Å². The highest BCUT2D eigenvalue weighted by Crippen LogP contribution is 2.35. The molecular formula is C25H34N2O4. The standard InChI is InChI=1S/C25H34N2O4/c1-16-5-6-20-12-26(10-18(3)28)15-31-25(20)23(16)9-21-8-22-13-27(11-19(4)29)14-30-24(22)7-17(21)2/h5-8,18-19,28-29H,9-15H2,1-4H3. The van der Waals surface area contributed by atoms with Crippen LogP contribution in [-0.4, -0.2) is 58.8 Å². The van der Waals surface area contributed by atoms with Gasteiger partial charge in [0, 0.05) is 49.3 Å². The van der Waals surface area contributed by atoms with Crippen molar-refractivity contribution in [2.45, 2.75) is 59.4 Å². The first-order valence-corrected chi connectivity index (χ1v) is 11.1. The summed E-state index contributed by atoms with van der Waals surface area (Å²) in [4.78, 5) is 4.26. The van der Waals surface area contributed by atoms with E-state index in [2.05, 4.69) is 47.9 Å². The number of hydrogen-bond acceptors (Lipinski definition) is 6. The summed E-state index contributed by atoms with van der Waals surface area (Å²) in [6, 6.07) is 8.70. The van der Waals surface area contributed by atoms with Gasteiger partial charge in [-0.25, -0.2) is 0 Å². The number of fused-ring (bicyclic) bond motifs is 2. The molecule has 2 heterocycles. The van der Waals surface area contributed by atoms with Crippen LogP contribution in [0.15, 0.2) is 24.3 Å². The second-order valence-corrected chi connectivity index (χ2v) is 9.18. The Labute approximate surface area is 185 Å². The highest BCUT2D eigenvalue weighted by molar-refractivity contribution is 5.51. The molecule has 0 bridgehead atoms. The SMILES string of the molecule is Cc1cc2c(cc1Cc1c(C)ccc3c1OCN(CC(C)O)C3)CN(CC(C)O)CO2. The third-order valence-corrected chi connectivity index (χ3v) is 6.09. The molecule has 0 amide bonds. The maximum absolute atomic E-state index is 9.73. The predicted octanol–water partition coefficient (Wildman–Crippen LogP) is 2.96. The lowest BCUT2D eigenvalue weighted by molar-refractivity contribution is 0.0495. The van der Waals surface area contributed by atoms with Gasteiger partial charge in [-0.15, -0.1) is 0 Å². The van der Waals surface area contributed by atoms with Crippen molar-refractivity contribution in [2.75, 3.05) is 26.6 Å². The summed E-state index contributed by atoms with van der Waals surface area (Å²) in [5, 5.41) is 19.4. The highest BCUT2D eigenvalue weighted by Gasteiger charge is 2.24. The van der Waals surface area contributed by atoms with Gasteiger partial charge in [-0.3, -0.25) is 9.80 Å². The first kappa shape index (κ1) is 22.1. The maximum Gasteiger partial charge on any atom is 0.142 e. The van der Waals surface area contributed by atoms with Crippen molar-refractivity contribution in [3.63, 3.8) is 0 Å². The Kier molecular flexibility index (Phi) is 6.53. The fourth-order valence-electron chi connectivity index (χ4n) is 4.59. The van der Waals surface area contributed by atoms with E-state index in [1.165, 1.54) is 33.4 Å². The van der Waals surface area contributed by atoms with Crippen LogP contribution in [0.3, 0.4) is 0 Å². The molecule has 0 saturated heterocycles. The smallest absolute Gasteiger partial charge is 0.142 e. The summed E-state index contributed by atoms with van der Waals surface area (Å²) >= 11 is 0. The summed E-state index contributed by atoms with van der Waals surface area (Å²) in [6.45, 7) is 11.7. The van der Waals surface area contributed by atoms with Gasteiger partial charge in [-0.2, -0.15) is 0 Å². The fraction of sp³-hybridized carbons (Fsp3) is 0.520. The lowest BCUT2D eigenvalue weighted by Crippen LogP contribution is -2.37. The van der Waals surface area contributed by atoms with Gasteiger partial charge in [0.1, 0.15) is 25.0 Å². The number of aliphatic hydroxyl groups is 2. The number of benzene rings is 2. The number of aryl methyl sites for hydroxylation is 2. The average molecular weight is 427 g/mol. The Hall–Kier alpha value is -2.12. The van der Waals surface area contributed by atoms with Gasteiger partial charge in [0.25, 0.3) is 0 Å². The van der Waals surface area contributed by atoms with Gasteiger partial charge in [0.15, 0.2) is 0 Å². The van der Waals surface area contributed by atoms with Crippen LogP contribution in [0, 0.1) is 13.8 Å². The minimum absolute atomic E-state index is 0.371. The molecule has 6 nitrogen and oxygen atoms in total. The summed E-state index contributed by atoms with van der Waals surface area (Å²) in [7, 11) is 0. The molecule has 31 heavy (non-hydrogen) atoms. The summed E-state index contributed by atoms with van der Waals surface area (Å²) in [5.74, 6) is 1.94. The summed E-state index contributed by atoms with van der Waals surface area (Å²) in [5.41, 5.74) is 7.29. The van der Waals surface area contributed by atoms with Crippen molar-refractivity contribution in [3.8, 4) is 11.5 Å². The average Bonchev–Trinajstić information content (AvgIpc) is 2.70. The van der Waals surface area contributed by atoms with Gasteiger partial charge in [0.05, 0.1) is 12.2 Å². The first-order chi connectivity index (χ1) is 14.8. The van der Waals surface area contributed by atoms with E-state index in [9.17, 15) is 10.2 Å². The molecule has 6 heteroatoms. The van der Waals surface area contributed by atoms with Crippen LogP contribution in [0.2, 0.25) is 0 Å². The molecule has 168 valence electrons. The quantitative estimate of drug-likeness (QED) is 0.741. The molecule has 2 unspecified atom stereocenters. The molecule has 0 spiro atoms. The van der Waals surface area contributed by atoms with Crippen LogP contribution in [0.4, 0.5) is 0 Å². The van der Waals surface area contributed by atoms with Crippen LogP contribution in [0.5, 0.6) is 11.5 Å². The Morgan fingerprint density at radius 3 is 2.19 bits per heavy atom. The molecule has 2 N–H and O–H groups in total. The number of nitrogens with zero attached hydrogens (tertiary/aromatic N) is 2. The van der Waals surface area contributed by atoms with Crippen molar-refractivity contribution in [1.29, 1.82) is 0 Å². The molecule has 0 saturated carbocycles. The Morgan fingerprint density at radius 2 is 1.52 bits per heavy atom. The van der Waals surface area contributed by atoms with Gasteiger partial charge >= 0.3 is 0 Å². The molecule has 0 aromatic heterocycles. The minimum atomic E-state index is -0.376. The summed E-state index contributed by atoms with van der Waals surface area (Å²) < 4.78 is 12.1. The van der Waals surface area contributed by atoms with Crippen LogP contribution in [-0.2, 0) is 19.5 Å². The van der Waals surface area contributed by atoms with E-state index in [4.69, 9.17) is 9.47 Å². The zero-order chi connectivity index (χ0) is 22.1. The predicted molar refractivity (Wildman–Crippen MR) is 120 cm³/mol. The van der Waals surface area contributed by atoms with Crippen molar-refractivity contribution >= 4 is 0 Å². The minimum Gasteiger partial charge on any atom is -0.478 e. The van der Waals surface area contributed by atoms with Gasteiger partial charge < -0.3 is 19.7 Å². The monoisotopic (exact) mass is 426 g/mol. The zero-order valence-electron chi connectivity index (χ0n) is 19.0. The number of hydrogen-bond donors (Lipinski definition) is 2. The van der Waals surface area contributed by atoms with E-state index < -0.39 is 0 Å². The van der Waals surface area contributed by atoms with Crippen LogP contribution < -0.4 is 9.47 Å². The Bertz CT molecular complexity index is 942. The molecule has 2 aliphatic heterocycles. The van der Waals surface area contributed by atoms with Crippen LogP contribution >= 0.6 is 0 Å². The van der Waals surface area contributed by atoms with Crippen molar-refractivity contribution in [1.82, 2.24) is 9.80 Å². The third kappa shape index (κ3) is 5.04. The van der Waals surface area contributed by atoms with E-state index in [0.717, 1.165) is 31.0 Å². The van der Waals surface area contributed by atoms with Crippen LogP contribution in [0.1, 0.15) is 47.2 Å². The van der Waals surface area contributed by atoms with Crippen molar-refractivity contribution in [3.05, 3.63) is 57.6 Å². The molecule has 0 radical (unpaired) electrons. The molecule has 2 aromatic rings. The topological polar surface area (TPSA) is 65.4 Å². The lowest BCUT2D eigenvalue weighted by Gasteiger charge is -2.32. The molecule has 2 aromatic carbocycles. The van der Waals surface area contributed by atoms with E-state index in [1.54, 1.807) is 13.8 Å². The Morgan fingerprint density at radius 1 is 0.871 bits per heavy atom. The van der Waals surface area contributed by atoms with E-state index in [-0.39, 0.29) is 12.2 Å². The maximum atomic E-state index is 9.73. The van der Waals surface area contributed by atoms with E-state index in [1.807, 2.05) is 0 Å². The number of rotatable bonds is 6. The third-order valence-electron chi connectivity index (χ3n) is 6.09. The first-order valence-electron chi connectivity index (χ1n) is 11.1. The largest absolute Gasteiger partial charge is 0.478 e. The number of ether oxygens (including phenoxy) is 2. The van der Waals surface area contributed by atoms with Crippen molar-refractivity contribution in [2.24, 2.45) is 0 Å². The van der Waals surface area contributed by atoms with Gasteiger partial charge in [-0.1, -0.05) is 18.2 Å². The number of aliphatic hydroxyl groups excluding tert-OH is 2. The molecule has 2 atom stereocenters. The van der Waals surface area contributed by atoms with Gasteiger partial charge in [0.2, 0.25) is 0 Å². The molecule has 2 aliphatic rings. The zero-order valence-corrected chi connectivity index (χ0v) is 19.0. The van der Waals surface area contributed by atoms with Crippen LogP contribution in [0.25, 0.3) is 0 Å². The summed E-state index contributed by atoms with van der Waals surface area (Å²) in [6.07, 6.45) is 0.0592. The fourth-order valence-corrected chi connectivity index (χ4v) is 4.59. The molecule has 0 fully saturated rings. The Balaban J connectivity index is 1.59.